The number of nitrogens with zero attached hydrogens (tertiary/aromatic N) is 3. The third-order valence-corrected chi connectivity index (χ3v) is 1.89. The number of methoxy groups -OCH3 is 1. The molecule has 0 radical (unpaired) electrons. The van der Waals surface area contributed by atoms with Crippen LogP contribution in [0.4, 0.5) is 0 Å². The number of aromatic nitrogens is 3. The third-order valence-electron chi connectivity index (χ3n) is 1.89. The van der Waals surface area contributed by atoms with E-state index in [2.05, 4.69) is 15.0 Å². The molecule has 5 heteroatoms. The van der Waals surface area contributed by atoms with E-state index in [9.17, 15) is 0 Å². The zero-order valence-corrected chi connectivity index (χ0v) is 7.64. The summed E-state index contributed by atoms with van der Waals surface area (Å²) in [4.78, 5) is 12.1. The molecule has 0 aliphatic rings. The standard InChI is InChI=1S/C9H9N3O2/c1-14-9-11-7-4-10-3-2-6(7)8(5-13)12-9/h2-4,13H,5H2,1H3. The largest absolute Gasteiger partial charge is 0.467 e. The summed E-state index contributed by atoms with van der Waals surface area (Å²) in [5, 5.41) is 9.88. The average molecular weight is 191 g/mol. The Morgan fingerprint density at radius 2 is 2.29 bits per heavy atom. The molecule has 0 unspecified atom stereocenters. The Morgan fingerprint density at radius 3 is 3.00 bits per heavy atom. The summed E-state index contributed by atoms with van der Waals surface area (Å²) in [5.74, 6) is 0. The molecule has 2 rings (SSSR count). The highest BCUT2D eigenvalue weighted by Crippen LogP contribution is 2.16. The zero-order valence-electron chi connectivity index (χ0n) is 7.64. The Morgan fingerprint density at radius 1 is 1.43 bits per heavy atom. The van der Waals surface area contributed by atoms with E-state index in [-0.39, 0.29) is 12.6 Å². The van der Waals surface area contributed by atoms with Crippen molar-refractivity contribution in [1.29, 1.82) is 0 Å². The molecule has 72 valence electrons. The number of aliphatic hydroxyl groups is 1. The van der Waals surface area contributed by atoms with Gasteiger partial charge < -0.3 is 9.84 Å². The van der Waals surface area contributed by atoms with Gasteiger partial charge in [-0.1, -0.05) is 0 Å². The first-order valence-corrected chi connectivity index (χ1v) is 4.10. The van der Waals surface area contributed by atoms with E-state index < -0.39 is 0 Å². The number of hydrogen-bond acceptors (Lipinski definition) is 5. The van der Waals surface area contributed by atoms with Crippen molar-refractivity contribution in [2.45, 2.75) is 6.61 Å². The lowest BCUT2D eigenvalue weighted by molar-refractivity contribution is 0.275. The van der Waals surface area contributed by atoms with Crippen LogP contribution in [0.3, 0.4) is 0 Å². The molecule has 0 atom stereocenters. The van der Waals surface area contributed by atoms with E-state index in [0.29, 0.717) is 11.2 Å². The topological polar surface area (TPSA) is 68.1 Å². The Labute approximate surface area is 80.4 Å². The van der Waals surface area contributed by atoms with Crippen molar-refractivity contribution in [2.75, 3.05) is 7.11 Å². The highest BCUT2D eigenvalue weighted by atomic mass is 16.5. The first-order chi connectivity index (χ1) is 6.85. The summed E-state index contributed by atoms with van der Waals surface area (Å²) in [5.41, 5.74) is 1.22. The van der Waals surface area contributed by atoms with E-state index in [0.717, 1.165) is 5.39 Å². The highest BCUT2D eigenvalue weighted by Gasteiger charge is 2.06. The molecule has 14 heavy (non-hydrogen) atoms. The molecule has 5 nitrogen and oxygen atoms in total. The van der Waals surface area contributed by atoms with Crippen LogP contribution in [0.1, 0.15) is 5.69 Å². The molecular formula is C9H9N3O2. The van der Waals surface area contributed by atoms with Crippen molar-refractivity contribution in [3.8, 4) is 6.01 Å². The second-order valence-corrected chi connectivity index (χ2v) is 2.71. The number of hydrogen-bond donors (Lipinski definition) is 1. The van der Waals surface area contributed by atoms with E-state index in [1.54, 1.807) is 18.5 Å². The quantitative estimate of drug-likeness (QED) is 0.749. The van der Waals surface area contributed by atoms with Gasteiger partial charge in [-0.2, -0.15) is 9.97 Å². The highest BCUT2D eigenvalue weighted by molar-refractivity contribution is 5.79. The molecule has 0 saturated heterocycles. The van der Waals surface area contributed by atoms with Gasteiger partial charge in [-0.15, -0.1) is 0 Å². The van der Waals surface area contributed by atoms with Gasteiger partial charge in [-0.3, -0.25) is 4.98 Å². The van der Waals surface area contributed by atoms with Gasteiger partial charge in [-0.25, -0.2) is 0 Å². The zero-order chi connectivity index (χ0) is 9.97. The average Bonchev–Trinajstić information content (AvgIpc) is 2.27. The summed E-state index contributed by atoms with van der Waals surface area (Å²) in [6.45, 7) is -0.139. The second-order valence-electron chi connectivity index (χ2n) is 2.71. The minimum absolute atomic E-state index is 0.139. The number of aliphatic hydroxyl groups excluding tert-OH is 1. The van der Waals surface area contributed by atoms with Crippen molar-refractivity contribution in [1.82, 2.24) is 15.0 Å². The molecule has 0 aromatic carbocycles. The molecule has 2 heterocycles. The van der Waals surface area contributed by atoms with Gasteiger partial charge in [-0.05, 0) is 6.07 Å². The Kier molecular flexibility index (Phi) is 2.24. The summed E-state index contributed by atoms with van der Waals surface area (Å²) >= 11 is 0. The predicted molar refractivity (Wildman–Crippen MR) is 49.8 cm³/mol. The molecule has 0 bridgehead atoms. The lowest BCUT2D eigenvalue weighted by Gasteiger charge is -2.04. The van der Waals surface area contributed by atoms with Crippen LogP contribution in [-0.4, -0.2) is 27.2 Å². The summed E-state index contributed by atoms with van der Waals surface area (Å²) in [6, 6.07) is 2.01. The van der Waals surface area contributed by atoms with Crippen LogP contribution in [-0.2, 0) is 6.61 Å². The van der Waals surface area contributed by atoms with Crippen molar-refractivity contribution in [3.63, 3.8) is 0 Å². The molecule has 1 N–H and O–H groups in total. The van der Waals surface area contributed by atoms with Crippen LogP contribution in [0, 0.1) is 0 Å². The van der Waals surface area contributed by atoms with E-state index >= 15 is 0 Å². The van der Waals surface area contributed by atoms with Crippen LogP contribution in [0.15, 0.2) is 18.5 Å². The van der Waals surface area contributed by atoms with Crippen LogP contribution in [0.5, 0.6) is 6.01 Å². The monoisotopic (exact) mass is 191 g/mol. The van der Waals surface area contributed by atoms with Gasteiger partial charge >= 0.3 is 6.01 Å². The van der Waals surface area contributed by atoms with E-state index in [1.807, 2.05) is 0 Å². The molecule has 2 aromatic rings. The summed E-state index contributed by atoms with van der Waals surface area (Å²) in [7, 11) is 1.48. The van der Waals surface area contributed by atoms with Gasteiger partial charge in [0.1, 0.15) is 0 Å². The molecule has 0 aliphatic heterocycles. The fourth-order valence-electron chi connectivity index (χ4n) is 1.23. The number of rotatable bonds is 2. The van der Waals surface area contributed by atoms with E-state index in [1.165, 1.54) is 7.11 Å². The summed E-state index contributed by atoms with van der Waals surface area (Å²) in [6.07, 6.45) is 3.25. The van der Waals surface area contributed by atoms with Crippen molar-refractivity contribution in [2.24, 2.45) is 0 Å². The first kappa shape index (κ1) is 8.83. The van der Waals surface area contributed by atoms with Crippen LogP contribution in [0.2, 0.25) is 0 Å². The second kappa shape index (κ2) is 3.55. The first-order valence-electron chi connectivity index (χ1n) is 4.10. The lowest BCUT2D eigenvalue weighted by atomic mass is 10.2. The van der Waals surface area contributed by atoms with Gasteiger partial charge in [0.15, 0.2) is 0 Å². The molecule has 0 aliphatic carbocycles. The van der Waals surface area contributed by atoms with Crippen LogP contribution >= 0.6 is 0 Å². The fourth-order valence-corrected chi connectivity index (χ4v) is 1.23. The smallest absolute Gasteiger partial charge is 0.317 e. The van der Waals surface area contributed by atoms with Crippen molar-refractivity contribution < 1.29 is 9.84 Å². The predicted octanol–water partition coefficient (Wildman–Crippen LogP) is 0.526. The Hall–Kier alpha value is -1.75. The van der Waals surface area contributed by atoms with Crippen molar-refractivity contribution >= 4 is 10.9 Å². The Balaban J connectivity index is 2.73. The minimum atomic E-state index is -0.139. The van der Waals surface area contributed by atoms with Crippen LogP contribution < -0.4 is 4.74 Å². The maximum absolute atomic E-state index is 9.09. The molecule has 0 fully saturated rings. The van der Waals surface area contributed by atoms with Gasteiger partial charge in [0.05, 0.1) is 31.1 Å². The normalized spacial score (nSPS) is 10.4. The number of pyridine rings is 1. The Bertz CT molecular complexity index is 459. The van der Waals surface area contributed by atoms with Crippen LogP contribution in [0.25, 0.3) is 10.9 Å². The molecular weight excluding hydrogens is 182 g/mol. The maximum atomic E-state index is 9.09. The van der Waals surface area contributed by atoms with Crippen molar-refractivity contribution in [3.05, 3.63) is 24.2 Å². The maximum Gasteiger partial charge on any atom is 0.317 e. The number of fused-ring (bicyclic) bond motifs is 1. The van der Waals surface area contributed by atoms with Gasteiger partial charge in [0.2, 0.25) is 0 Å². The number of ether oxygens (including phenoxy) is 1. The van der Waals surface area contributed by atoms with Gasteiger partial charge in [0.25, 0.3) is 0 Å². The summed E-state index contributed by atoms with van der Waals surface area (Å²) < 4.78 is 4.90. The van der Waals surface area contributed by atoms with Gasteiger partial charge in [0, 0.05) is 11.6 Å². The third kappa shape index (κ3) is 1.38. The van der Waals surface area contributed by atoms with E-state index in [4.69, 9.17) is 9.84 Å². The lowest BCUT2D eigenvalue weighted by Crippen LogP contribution is -1.98. The molecule has 0 amide bonds. The molecule has 0 spiro atoms. The molecule has 2 aromatic heterocycles. The fraction of sp³-hybridized carbons (Fsp3) is 0.222. The minimum Gasteiger partial charge on any atom is -0.467 e. The SMILES string of the molecule is COc1nc(CO)c2ccncc2n1. The molecule has 0 saturated carbocycles.